The standard InChI is InChI=1S/C15H18BrN3O4S2/c1-3-11-14(10(2)17-23-11)15(20)18-6-8-19(9-7-18)25(21,22)13-5-4-12(16)24-13/h4-5H,3,6-9H2,1-2H3. The molecule has 0 saturated carbocycles. The molecule has 0 bridgehead atoms. The molecule has 136 valence electrons. The van der Waals surface area contributed by atoms with Gasteiger partial charge >= 0.3 is 0 Å². The van der Waals surface area contributed by atoms with E-state index in [1.54, 1.807) is 24.0 Å². The van der Waals surface area contributed by atoms with E-state index in [2.05, 4.69) is 21.1 Å². The summed E-state index contributed by atoms with van der Waals surface area (Å²) in [6.07, 6.45) is 0.587. The first-order chi connectivity index (χ1) is 11.8. The van der Waals surface area contributed by atoms with E-state index in [1.807, 2.05) is 6.92 Å². The monoisotopic (exact) mass is 447 g/mol. The van der Waals surface area contributed by atoms with Crippen LogP contribution in [0.15, 0.2) is 24.7 Å². The number of halogens is 1. The SMILES string of the molecule is CCc1onc(C)c1C(=O)N1CCN(S(=O)(=O)c2ccc(Br)s2)CC1. The van der Waals surface area contributed by atoms with Crippen LogP contribution in [-0.4, -0.2) is 54.9 Å². The molecule has 7 nitrogen and oxygen atoms in total. The Balaban J connectivity index is 1.71. The minimum atomic E-state index is -3.51. The van der Waals surface area contributed by atoms with Gasteiger partial charge in [-0.2, -0.15) is 4.31 Å². The van der Waals surface area contributed by atoms with Crippen LogP contribution in [-0.2, 0) is 16.4 Å². The molecule has 1 aliphatic rings. The van der Waals surface area contributed by atoms with Gasteiger partial charge in [0.2, 0.25) is 0 Å². The molecule has 0 atom stereocenters. The normalized spacial score (nSPS) is 16.4. The van der Waals surface area contributed by atoms with Crippen molar-refractivity contribution in [2.45, 2.75) is 24.5 Å². The first kappa shape index (κ1) is 18.6. The average molecular weight is 448 g/mol. The van der Waals surface area contributed by atoms with Crippen LogP contribution in [0.4, 0.5) is 0 Å². The summed E-state index contributed by atoms with van der Waals surface area (Å²) in [5.41, 5.74) is 1.07. The Hall–Kier alpha value is -1.23. The van der Waals surface area contributed by atoms with Crippen LogP contribution in [0.2, 0.25) is 0 Å². The molecule has 0 aromatic carbocycles. The number of aryl methyl sites for hydroxylation is 2. The Bertz CT molecular complexity index is 882. The maximum absolute atomic E-state index is 12.7. The first-order valence-electron chi connectivity index (χ1n) is 7.84. The fourth-order valence-electron chi connectivity index (χ4n) is 2.79. The Kier molecular flexibility index (Phi) is 5.33. The number of piperazine rings is 1. The summed E-state index contributed by atoms with van der Waals surface area (Å²) in [7, 11) is -3.51. The van der Waals surface area contributed by atoms with Gasteiger partial charge < -0.3 is 9.42 Å². The second-order valence-electron chi connectivity index (χ2n) is 5.67. The summed E-state index contributed by atoms with van der Waals surface area (Å²) in [6.45, 7) is 4.88. The number of rotatable bonds is 4. The van der Waals surface area contributed by atoms with Gasteiger partial charge in [-0.3, -0.25) is 4.79 Å². The van der Waals surface area contributed by atoms with Crippen molar-refractivity contribution in [2.75, 3.05) is 26.2 Å². The van der Waals surface area contributed by atoms with Gasteiger partial charge in [-0.15, -0.1) is 11.3 Å². The minimum Gasteiger partial charge on any atom is -0.360 e. The molecule has 0 aliphatic carbocycles. The molecular formula is C15H18BrN3O4S2. The van der Waals surface area contributed by atoms with Crippen LogP contribution in [0.1, 0.15) is 28.7 Å². The van der Waals surface area contributed by atoms with Crippen LogP contribution in [0.3, 0.4) is 0 Å². The number of carbonyl (C=O) groups is 1. The Morgan fingerprint density at radius 1 is 1.32 bits per heavy atom. The number of hydrogen-bond donors (Lipinski definition) is 0. The lowest BCUT2D eigenvalue weighted by atomic mass is 10.1. The third-order valence-corrected chi connectivity index (χ3v) is 8.13. The van der Waals surface area contributed by atoms with Gasteiger partial charge in [0.15, 0.2) is 0 Å². The molecule has 1 amide bonds. The van der Waals surface area contributed by atoms with Gasteiger partial charge in [-0.1, -0.05) is 12.1 Å². The highest BCUT2D eigenvalue weighted by atomic mass is 79.9. The van der Waals surface area contributed by atoms with E-state index in [0.717, 1.165) is 3.79 Å². The molecule has 2 aromatic heterocycles. The number of thiophene rings is 1. The quantitative estimate of drug-likeness (QED) is 0.718. The number of amides is 1. The number of nitrogens with zero attached hydrogens (tertiary/aromatic N) is 3. The highest BCUT2D eigenvalue weighted by molar-refractivity contribution is 9.11. The first-order valence-corrected chi connectivity index (χ1v) is 10.9. The second kappa shape index (κ2) is 7.18. The maximum Gasteiger partial charge on any atom is 0.259 e. The Labute approximate surface area is 158 Å². The van der Waals surface area contributed by atoms with E-state index >= 15 is 0 Å². The molecule has 3 heterocycles. The van der Waals surface area contributed by atoms with E-state index in [0.29, 0.717) is 40.7 Å². The summed E-state index contributed by atoms with van der Waals surface area (Å²) in [5.74, 6) is 0.424. The molecule has 0 radical (unpaired) electrons. The summed E-state index contributed by atoms with van der Waals surface area (Å²) in [6, 6.07) is 3.31. The zero-order valence-electron chi connectivity index (χ0n) is 13.9. The number of hydrogen-bond acceptors (Lipinski definition) is 6. The van der Waals surface area contributed by atoms with Crippen molar-refractivity contribution in [3.05, 3.63) is 32.9 Å². The Morgan fingerprint density at radius 3 is 2.56 bits per heavy atom. The molecule has 0 unspecified atom stereocenters. The summed E-state index contributed by atoms with van der Waals surface area (Å²) in [5, 5.41) is 3.87. The largest absolute Gasteiger partial charge is 0.360 e. The lowest BCUT2D eigenvalue weighted by Gasteiger charge is -2.33. The van der Waals surface area contributed by atoms with Crippen molar-refractivity contribution in [1.29, 1.82) is 0 Å². The molecule has 0 N–H and O–H groups in total. The van der Waals surface area contributed by atoms with Crippen molar-refractivity contribution in [3.63, 3.8) is 0 Å². The second-order valence-corrected chi connectivity index (χ2v) is 10.3. The third kappa shape index (κ3) is 3.53. The van der Waals surface area contributed by atoms with Crippen molar-refractivity contribution in [3.8, 4) is 0 Å². The zero-order chi connectivity index (χ0) is 18.2. The minimum absolute atomic E-state index is 0.147. The van der Waals surface area contributed by atoms with E-state index < -0.39 is 10.0 Å². The molecule has 2 aromatic rings. The summed E-state index contributed by atoms with van der Waals surface area (Å²) in [4.78, 5) is 14.4. The molecule has 1 saturated heterocycles. The van der Waals surface area contributed by atoms with Gasteiger partial charge in [0.05, 0.1) is 9.48 Å². The topological polar surface area (TPSA) is 83.7 Å². The van der Waals surface area contributed by atoms with Gasteiger partial charge in [-0.05, 0) is 35.0 Å². The van der Waals surface area contributed by atoms with Crippen molar-refractivity contribution < 1.29 is 17.7 Å². The van der Waals surface area contributed by atoms with Crippen LogP contribution in [0.5, 0.6) is 0 Å². The van der Waals surface area contributed by atoms with E-state index in [4.69, 9.17) is 4.52 Å². The number of carbonyl (C=O) groups excluding carboxylic acids is 1. The lowest BCUT2D eigenvalue weighted by molar-refractivity contribution is 0.0695. The van der Waals surface area contributed by atoms with Crippen LogP contribution in [0.25, 0.3) is 0 Å². The molecule has 1 fully saturated rings. The smallest absolute Gasteiger partial charge is 0.259 e. The highest BCUT2D eigenvalue weighted by Gasteiger charge is 2.33. The van der Waals surface area contributed by atoms with Crippen molar-refractivity contribution >= 4 is 43.2 Å². The van der Waals surface area contributed by atoms with Gasteiger partial charge in [0.25, 0.3) is 15.9 Å². The van der Waals surface area contributed by atoms with E-state index in [1.165, 1.54) is 15.6 Å². The Morgan fingerprint density at radius 2 is 2.00 bits per heavy atom. The van der Waals surface area contributed by atoms with Crippen LogP contribution >= 0.6 is 27.3 Å². The predicted molar refractivity (Wildman–Crippen MR) is 97.3 cm³/mol. The molecular weight excluding hydrogens is 430 g/mol. The summed E-state index contributed by atoms with van der Waals surface area (Å²) >= 11 is 4.47. The predicted octanol–water partition coefficient (Wildman–Crippen LogP) is 2.52. The fourth-order valence-corrected chi connectivity index (χ4v) is 6.37. The lowest BCUT2D eigenvalue weighted by Crippen LogP contribution is -2.50. The van der Waals surface area contributed by atoms with Gasteiger partial charge in [-0.25, -0.2) is 8.42 Å². The van der Waals surface area contributed by atoms with Crippen molar-refractivity contribution in [1.82, 2.24) is 14.4 Å². The average Bonchev–Trinajstić information content (AvgIpc) is 3.20. The molecule has 1 aliphatic heterocycles. The van der Waals surface area contributed by atoms with Crippen LogP contribution in [0, 0.1) is 6.92 Å². The molecule has 10 heteroatoms. The molecule has 3 rings (SSSR count). The number of sulfonamides is 1. The maximum atomic E-state index is 12.7. The molecule has 25 heavy (non-hydrogen) atoms. The van der Waals surface area contributed by atoms with Gasteiger partial charge in [0.1, 0.15) is 15.5 Å². The zero-order valence-corrected chi connectivity index (χ0v) is 17.1. The fraction of sp³-hybridized carbons (Fsp3) is 0.467. The van der Waals surface area contributed by atoms with Crippen LogP contribution < -0.4 is 0 Å². The highest BCUT2D eigenvalue weighted by Crippen LogP contribution is 2.29. The van der Waals surface area contributed by atoms with E-state index in [-0.39, 0.29) is 19.0 Å². The third-order valence-electron chi connectivity index (χ3n) is 4.14. The number of aromatic nitrogens is 1. The van der Waals surface area contributed by atoms with E-state index in [9.17, 15) is 13.2 Å². The van der Waals surface area contributed by atoms with Gasteiger partial charge in [0, 0.05) is 32.6 Å². The summed E-state index contributed by atoms with van der Waals surface area (Å²) < 4.78 is 33.0. The van der Waals surface area contributed by atoms with Crippen molar-refractivity contribution in [2.24, 2.45) is 0 Å². The molecule has 0 spiro atoms.